The van der Waals surface area contributed by atoms with E-state index in [1.807, 2.05) is 6.07 Å². The van der Waals surface area contributed by atoms with Crippen LogP contribution in [0, 0.1) is 17.1 Å². The number of fused-ring (bicyclic) bond motifs is 2. The van der Waals surface area contributed by atoms with E-state index in [-0.39, 0.29) is 52.5 Å². The minimum atomic E-state index is -4.74. The van der Waals surface area contributed by atoms with Crippen LogP contribution in [0.4, 0.5) is 29.2 Å². The summed E-state index contributed by atoms with van der Waals surface area (Å²) in [5.74, 6) is -0.665. The van der Waals surface area contributed by atoms with Crippen LogP contribution in [0.15, 0.2) is 47.8 Å². The molecular weight excluding hydrogens is 536 g/mol. The van der Waals surface area contributed by atoms with Gasteiger partial charge in [0.05, 0.1) is 24.1 Å². The van der Waals surface area contributed by atoms with Gasteiger partial charge in [0.2, 0.25) is 5.95 Å². The summed E-state index contributed by atoms with van der Waals surface area (Å²) < 4.78 is 64.7. The predicted molar refractivity (Wildman–Crippen MR) is 132 cm³/mol. The van der Waals surface area contributed by atoms with Crippen molar-refractivity contribution in [3.63, 3.8) is 0 Å². The van der Waals surface area contributed by atoms with Gasteiger partial charge in [-0.05, 0) is 31.0 Å². The summed E-state index contributed by atoms with van der Waals surface area (Å²) >= 11 is 0. The molecule has 1 saturated carbocycles. The molecule has 0 unspecified atom stereocenters. The Balaban J connectivity index is 1.41. The van der Waals surface area contributed by atoms with Gasteiger partial charge in [0.25, 0.3) is 5.56 Å². The highest BCUT2D eigenvalue weighted by atomic mass is 19.4. The second kappa shape index (κ2) is 9.06. The number of nitrogens with one attached hydrogen (secondary N) is 1. The first-order chi connectivity index (χ1) is 19.0. The summed E-state index contributed by atoms with van der Waals surface area (Å²) in [7, 11) is 1.48. The molecule has 1 aliphatic rings. The third-order valence-corrected chi connectivity index (χ3v) is 6.75. The Hall–Kier alpha value is -4.97. The highest BCUT2D eigenvalue weighted by molar-refractivity contribution is 5.84. The number of aliphatic hydroxyl groups excluding tert-OH is 1. The Bertz CT molecular complexity index is 1900. The zero-order valence-corrected chi connectivity index (χ0v) is 20.5. The molecule has 0 saturated heterocycles. The molecule has 5 heterocycles. The minimum Gasteiger partial charge on any atom is -0.450 e. The summed E-state index contributed by atoms with van der Waals surface area (Å²) in [4.78, 5) is 21.5. The summed E-state index contributed by atoms with van der Waals surface area (Å²) in [5, 5.41) is 26.2. The molecule has 1 aliphatic carbocycles. The Morgan fingerprint density at radius 2 is 2.00 bits per heavy atom. The van der Waals surface area contributed by atoms with Gasteiger partial charge in [-0.25, -0.2) is 13.9 Å². The monoisotopic (exact) mass is 554 g/mol. The lowest BCUT2D eigenvalue weighted by Crippen LogP contribution is -2.37. The average Bonchev–Trinajstić information content (AvgIpc) is 3.44. The zero-order chi connectivity index (χ0) is 28.3. The van der Waals surface area contributed by atoms with Crippen LogP contribution in [0.5, 0.6) is 11.5 Å². The van der Waals surface area contributed by atoms with Gasteiger partial charge in [-0.15, -0.1) is 0 Å². The van der Waals surface area contributed by atoms with Crippen molar-refractivity contribution < 1.29 is 27.4 Å². The first-order valence-electron chi connectivity index (χ1n) is 11.9. The molecule has 5 aromatic heterocycles. The van der Waals surface area contributed by atoms with Crippen LogP contribution in [0.2, 0.25) is 0 Å². The first-order valence-corrected chi connectivity index (χ1v) is 11.9. The van der Waals surface area contributed by atoms with Crippen LogP contribution in [0.25, 0.3) is 16.7 Å². The molecule has 0 amide bonds. The van der Waals surface area contributed by atoms with Gasteiger partial charge in [0, 0.05) is 25.5 Å². The minimum absolute atomic E-state index is 0.0295. The van der Waals surface area contributed by atoms with Crippen LogP contribution in [0.1, 0.15) is 30.0 Å². The molecule has 0 aromatic carbocycles. The van der Waals surface area contributed by atoms with E-state index < -0.39 is 40.9 Å². The molecule has 2 N–H and O–H groups in total. The van der Waals surface area contributed by atoms with Crippen LogP contribution >= 0.6 is 0 Å². The molecule has 0 aliphatic heterocycles. The van der Waals surface area contributed by atoms with E-state index in [0.29, 0.717) is 6.07 Å². The number of nitriles is 1. The van der Waals surface area contributed by atoms with Crippen molar-refractivity contribution in [3.8, 4) is 17.6 Å². The number of alkyl halides is 3. The van der Waals surface area contributed by atoms with Crippen molar-refractivity contribution in [1.29, 1.82) is 5.26 Å². The van der Waals surface area contributed by atoms with E-state index >= 15 is 0 Å². The number of halogens is 4. The van der Waals surface area contributed by atoms with Crippen LogP contribution in [-0.4, -0.2) is 39.9 Å². The van der Waals surface area contributed by atoms with E-state index in [4.69, 9.17) is 4.74 Å². The zero-order valence-electron chi connectivity index (χ0n) is 20.5. The fourth-order valence-corrected chi connectivity index (χ4v) is 4.64. The number of hydrogen-bond acceptors (Lipinski definition) is 8. The van der Waals surface area contributed by atoms with Crippen LogP contribution in [0.3, 0.4) is 0 Å². The van der Waals surface area contributed by atoms with Crippen LogP contribution in [-0.2, 0) is 13.2 Å². The van der Waals surface area contributed by atoms with Gasteiger partial charge in [-0.2, -0.15) is 28.5 Å². The first kappa shape index (κ1) is 25.3. The maximum absolute atomic E-state index is 14.4. The number of pyridine rings is 3. The van der Waals surface area contributed by atoms with Crippen LogP contribution < -0.4 is 15.6 Å². The Morgan fingerprint density at radius 3 is 2.70 bits per heavy atom. The maximum Gasteiger partial charge on any atom is 0.417 e. The molecule has 204 valence electrons. The fraction of sp³-hybridized carbons (Fsp3) is 0.240. The molecular formula is C25H18F4N8O3. The number of imidazole rings is 1. The highest BCUT2D eigenvalue weighted by Crippen LogP contribution is 2.36. The Labute approximate surface area is 221 Å². The number of aryl methyl sites for hydroxylation is 1. The van der Waals surface area contributed by atoms with Gasteiger partial charge in [0.15, 0.2) is 23.0 Å². The predicted octanol–water partition coefficient (Wildman–Crippen LogP) is 4.04. The number of aliphatic hydroxyl groups is 1. The average molecular weight is 554 g/mol. The lowest BCUT2D eigenvalue weighted by molar-refractivity contribution is -0.138. The van der Waals surface area contributed by atoms with Gasteiger partial charge >= 0.3 is 6.18 Å². The fourth-order valence-electron chi connectivity index (χ4n) is 4.64. The number of aromatic nitrogens is 6. The van der Waals surface area contributed by atoms with Gasteiger partial charge in [-0.1, -0.05) is 0 Å². The Morgan fingerprint density at radius 1 is 1.23 bits per heavy atom. The quantitative estimate of drug-likeness (QED) is 0.311. The van der Waals surface area contributed by atoms with E-state index in [0.717, 1.165) is 10.8 Å². The smallest absolute Gasteiger partial charge is 0.417 e. The molecule has 0 spiro atoms. The molecule has 11 nitrogen and oxygen atoms in total. The summed E-state index contributed by atoms with van der Waals surface area (Å²) in [6.07, 6.45) is -0.371. The third-order valence-electron chi connectivity index (χ3n) is 6.75. The Kier molecular flexibility index (Phi) is 5.73. The molecule has 6 rings (SSSR count). The second-order valence-corrected chi connectivity index (χ2v) is 9.29. The van der Waals surface area contributed by atoms with Gasteiger partial charge in [-0.3, -0.25) is 4.79 Å². The molecule has 1 fully saturated rings. The van der Waals surface area contributed by atoms with Crippen molar-refractivity contribution in [2.75, 3.05) is 5.32 Å². The molecule has 5 aromatic rings. The topological polar surface area (TPSA) is 135 Å². The number of hydrogen-bond donors (Lipinski definition) is 2. The molecule has 15 heteroatoms. The largest absolute Gasteiger partial charge is 0.450 e. The number of anilines is 2. The summed E-state index contributed by atoms with van der Waals surface area (Å²) in [6.45, 7) is 0. The summed E-state index contributed by atoms with van der Waals surface area (Å²) in [6, 6.07) is 4.79. The maximum atomic E-state index is 14.4. The number of nitrogens with zero attached hydrogens (tertiary/aromatic N) is 7. The van der Waals surface area contributed by atoms with Crippen molar-refractivity contribution in [2.45, 2.75) is 31.2 Å². The van der Waals surface area contributed by atoms with Gasteiger partial charge < -0.3 is 24.3 Å². The normalized spacial score (nSPS) is 17.1. The van der Waals surface area contributed by atoms with E-state index in [1.54, 1.807) is 0 Å². The van der Waals surface area contributed by atoms with Crippen molar-refractivity contribution >= 4 is 28.3 Å². The van der Waals surface area contributed by atoms with Crippen molar-refractivity contribution in [3.05, 3.63) is 70.3 Å². The third kappa shape index (κ3) is 4.09. The lowest BCUT2D eigenvalue weighted by Gasteiger charge is -2.33. The standard InChI is InChI=1S/C25H18F4N8O3/c1-35-20-15(8-30)18(40-19-10-32-37-4-2-3-16(26)21(19)37)9-31-22(20)34-24(35)33-17-5-12(25(27,28)29)11-36(23(17)39)13-6-14(38)7-13/h2-5,9-11,13-14,38H,6-7H2,1H3,(H,31,33,34)/t13-,14-. The van der Waals surface area contributed by atoms with E-state index in [9.17, 15) is 32.7 Å². The van der Waals surface area contributed by atoms with Crippen molar-refractivity contribution in [1.82, 2.24) is 28.7 Å². The molecule has 0 radical (unpaired) electrons. The van der Waals surface area contributed by atoms with E-state index in [2.05, 4.69) is 20.4 Å². The molecule has 0 atom stereocenters. The molecule has 40 heavy (non-hydrogen) atoms. The number of rotatable bonds is 5. The van der Waals surface area contributed by atoms with E-state index in [1.165, 1.54) is 46.9 Å². The summed E-state index contributed by atoms with van der Waals surface area (Å²) in [5.41, 5.74) is -1.96. The van der Waals surface area contributed by atoms with Crippen molar-refractivity contribution in [2.24, 2.45) is 7.05 Å². The van der Waals surface area contributed by atoms with Gasteiger partial charge in [0.1, 0.15) is 28.4 Å². The molecule has 0 bridgehead atoms. The highest BCUT2D eigenvalue weighted by Gasteiger charge is 2.36. The SMILES string of the molecule is Cn1c(Nc2cc(C(F)(F)F)cn([C@H]3C[C@H](O)C3)c2=O)nc2ncc(Oc3cnn4cccc(F)c34)c(C#N)c21. The lowest BCUT2D eigenvalue weighted by atomic mass is 9.89. The number of ether oxygens (including phenoxy) is 1. The second-order valence-electron chi connectivity index (χ2n) is 9.29.